The average molecular weight is 128 g/mol. The molecule has 0 aromatic rings. The molecule has 0 bridgehead atoms. The molecule has 0 fully saturated rings. The van der Waals surface area contributed by atoms with E-state index in [0.29, 0.717) is 13.2 Å². The van der Waals surface area contributed by atoms with Crippen molar-refractivity contribution in [3.8, 4) is 0 Å². The Labute approximate surface area is 55.5 Å². The third-order valence-corrected chi connectivity index (χ3v) is 1.26. The molecule has 1 aliphatic rings. The van der Waals surface area contributed by atoms with Gasteiger partial charge in [-0.05, 0) is 6.42 Å². The summed E-state index contributed by atoms with van der Waals surface area (Å²) < 4.78 is 10.5. The van der Waals surface area contributed by atoms with Gasteiger partial charge in [0.1, 0.15) is 0 Å². The van der Waals surface area contributed by atoms with Gasteiger partial charge in [0, 0.05) is 0 Å². The van der Waals surface area contributed by atoms with Crippen LogP contribution in [0.4, 0.5) is 0 Å². The maximum atomic E-state index is 5.24. The SMILES string of the molecule is CCC1OCC=CCO1. The summed E-state index contributed by atoms with van der Waals surface area (Å²) in [7, 11) is 0. The van der Waals surface area contributed by atoms with Crippen LogP contribution in [0.15, 0.2) is 12.2 Å². The molecule has 1 rings (SSSR count). The summed E-state index contributed by atoms with van der Waals surface area (Å²) >= 11 is 0. The molecule has 2 heteroatoms. The van der Waals surface area contributed by atoms with E-state index in [2.05, 4.69) is 6.92 Å². The second-order valence-electron chi connectivity index (χ2n) is 1.98. The van der Waals surface area contributed by atoms with Crippen molar-refractivity contribution in [1.29, 1.82) is 0 Å². The van der Waals surface area contributed by atoms with Gasteiger partial charge >= 0.3 is 0 Å². The first-order valence-corrected chi connectivity index (χ1v) is 3.31. The molecule has 9 heavy (non-hydrogen) atoms. The average Bonchev–Trinajstić information content (AvgIpc) is 2.13. The molecule has 1 aliphatic heterocycles. The lowest BCUT2D eigenvalue weighted by Crippen LogP contribution is -2.13. The second-order valence-corrected chi connectivity index (χ2v) is 1.98. The summed E-state index contributed by atoms with van der Waals surface area (Å²) in [6.45, 7) is 3.44. The van der Waals surface area contributed by atoms with Gasteiger partial charge in [-0.2, -0.15) is 0 Å². The van der Waals surface area contributed by atoms with Crippen molar-refractivity contribution in [3.05, 3.63) is 12.2 Å². The Morgan fingerprint density at radius 1 is 1.33 bits per heavy atom. The zero-order valence-corrected chi connectivity index (χ0v) is 5.67. The lowest BCUT2D eigenvalue weighted by molar-refractivity contribution is -0.122. The molecule has 0 saturated carbocycles. The maximum Gasteiger partial charge on any atom is 0.158 e. The molecular weight excluding hydrogens is 116 g/mol. The van der Waals surface area contributed by atoms with Crippen molar-refractivity contribution in [1.82, 2.24) is 0 Å². The van der Waals surface area contributed by atoms with Crippen molar-refractivity contribution >= 4 is 0 Å². The first kappa shape index (κ1) is 6.78. The fourth-order valence-electron chi connectivity index (χ4n) is 0.746. The van der Waals surface area contributed by atoms with Crippen LogP contribution in [0.1, 0.15) is 13.3 Å². The zero-order chi connectivity index (χ0) is 6.53. The van der Waals surface area contributed by atoms with Gasteiger partial charge in [0.25, 0.3) is 0 Å². The third kappa shape index (κ3) is 2.16. The molecule has 0 saturated heterocycles. The lowest BCUT2D eigenvalue weighted by atomic mass is 10.5. The molecule has 0 aromatic heterocycles. The van der Waals surface area contributed by atoms with Crippen LogP contribution < -0.4 is 0 Å². The lowest BCUT2D eigenvalue weighted by Gasteiger charge is -2.11. The fourth-order valence-corrected chi connectivity index (χ4v) is 0.746. The van der Waals surface area contributed by atoms with Crippen molar-refractivity contribution in [2.45, 2.75) is 19.6 Å². The Kier molecular flexibility index (Phi) is 2.74. The molecule has 0 N–H and O–H groups in total. The highest BCUT2D eigenvalue weighted by molar-refractivity contribution is 4.83. The van der Waals surface area contributed by atoms with Gasteiger partial charge in [0.2, 0.25) is 0 Å². The molecule has 0 atom stereocenters. The van der Waals surface area contributed by atoms with Crippen LogP contribution in [-0.2, 0) is 9.47 Å². The number of hydrogen-bond acceptors (Lipinski definition) is 2. The Bertz CT molecular complexity index is 89.1. The molecule has 0 radical (unpaired) electrons. The highest BCUT2D eigenvalue weighted by atomic mass is 16.7. The third-order valence-electron chi connectivity index (χ3n) is 1.26. The summed E-state index contributed by atoms with van der Waals surface area (Å²) in [5.74, 6) is 0. The van der Waals surface area contributed by atoms with Crippen LogP contribution in [0, 0.1) is 0 Å². The van der Waals surface area contributed by atoms with Gasteiger partial charge in [-0.3, -0.25) is 0 Å². The quantitative estimate of drug-likeness (QED) is 0.496. The zero-order valence-electron chi connectivity index (χ0n) is 5.67. The van der Waals surface area contributed by atoms with Crippen LogP contribution in [-0.4, -0.2) is 19.5 Å². The molecule has 0 aliphatic carbocycles. The normalized spacial score (nSPS) is 21.9. The predicted molar refractivity (Wildman–Crippen MR) is 35.1 cm³/mol. The number of ether oxygens (including phenoxy) is 2. The molecule has 0 aromatic carbocycles. The van der Waals surface area contributed by atoms with Crippen LogP contribution >= 0.6 is 0 Å². The van der Waals surface area contributed by atoms with E-state index in [9.17, 15) is 0 Å². The van der Waals surface area contributed by atoms with E-state index < -0.39 is 0 Å². The van der Waals surface area contributed by atoms with E-state index in [4.69, 9.17) is 9.47 Å². The minimum atomic E-state index is 0.0139. The molecule has 0 spiro atoms. The minimum Gasteiger partial charge on any atom is -0.349 e. The van der Waals surface area contributed by atoms with Crippen LogP contribution in [0.25, 0.3) is 0 Å². The van der Waals surface area contributed by atoms with Gasteiger partial charge in [-0.1, -0.05) is 19.1 Å². The van der Waals surface area contributed by atoms with E-state index in [1.165, 1.54) is 0 Å². The highest BCUT2D eigenvalue weighted by Crippen LogP contribution is 2.02. The standard InChI is InChI=1S/C7H12O2/c1-2-7-8-5-3-4-6-9-7/h3-4,7H,2,5-6H2,1H3. The van der Waals surface area contributed by atoms with Gasteiger partial charge in [0.05, 0.1) is 13.2 Å². The second kappa shape index (κ2) is 3.64. The van der Waals surface area contributed by atoms with Crippen LogP contribution in [0.3, 0.4) is 0 Å². The Hall–Kier alpha value is -0.340. The van der Waals surface area contributed by atoms with E-state index >= 15 is 0 Å². The number of hydrogen-bond donors (Lipinski definition) is 0. The summed E-state index contributed by atoms with van der Waals surface area (Å²) in [4.78, 5) is 0. The smallest absolute Gasteiger partial charge is 0.158 e. The number of rotatable bonds is 1. The monoisotopic (exact) mass is 128 g/mol. The van der Waals surface area contributed by atoms with Crippen molar-refractivity contribution in [3.63, 3.8) is 0 Å². The van der Waals surface area contributed by atoms with Crippen molar-refractivity contribution in [2.24, 2.45) is 0 Å². The van der Waals surface area contributed by atoms with E-state index in [-0.39, 0.29) is 6.29 Å². The Morgan fingerprint density at radius 2 is 1.89 bits per heavy atom. The van der Waals surface area contributed by atoms with E-state index in [1.807, 2.05) is 12.2 Å². The van der Waals surface area contributed by atoms with E-state index in [1.54, 1.807) is 0 Å². The fraction of sp³-hybridized carbons (Fsp3) is 0.714. The molecule has 0 amide bonds. The van der Waals surface area contributed by atoms with E-state index in [0.717, 1.165) is 6.42 Å². The molecule has 1 heterocycles. The Balaban J connectivity index is 2.26. The molecular formula is C7H12O2. The van der Waals surface area contributed by atoms with Gasteiger partial charge < -0.3 is 9.47 Å². The summed E-state index contributed by atoms with van der Waals surface area (Å²) in [5, 5.41) is 0. The molecule has 52 valence electrons. The van der Waals surface area contributed by atoms with Gasteiger partial charge in [-0.15, -0.1) is 0 Å². The van der Waals surface area contributed by atoms with Crippen molar-refractivity contribution in [2.75, 3.05) is 13.2 Å². The predicted octanol–water partition coefficient (Wildman–Crippen LogP) is 1.33. The minimum absolute atomic E-state index is 0.0139. The van der Waals surface area contributed by atoms with Crippen molar-refractivity contribution < 1.29 is 9.47 Å². The largest absolute Gasteiger partial charge is 0.349 e. The summed E-state index contributed by atoms with van der Waals surface area (Å²) in [6, 6.07) is 0. The van der Waals surface area contributed by atoms with Gasteiger partial charge in [-0.25, -0.2) is 0 Å². The van der Waals surface area contributed by atoms with Crippen LogP contribution in [0.2, 0.25) is 0 Å². The highest BCUT2D eigenvalue weighted by Gasteiger charge is 2.05. The Morgan fingerprint density at radius 3 is 2.33 bits per heavy atom. The summed E-state index contributed by atoms with van der Waals surface area (Å²) in [5.41, 5.74) is 0. The first-order chi connectivity index (χ1) is 4.43. The van der Waals surface area contributed by atoms with Gasteiger partial charge in [0.15, 0.2) is 6.29 Å². The molecule has 0 unspecified atom stereocenters. The summed E-state index contributed by atoms with van der Waals surface area (Å²) in [6.07, 6.45) is 4.91. The topological polar surface area (TPSA) is 18.5 Å². The molecule has 2 nitrogen and oxygen atoms in total. The maximum absolute atomic E-state index is 5.24. The van der Waals surface area contributed by atoms with Crippen LogP contribution in [0.5, 0.6) is 0 Å². The first-order valence-electron chi connectivity index (χ1n) is 3.31.